The van der Waals surface area contributed by atoms with E-state index in [1.54, 1.807) is 12.2 Å². The summed E-state index contributed by atoms with van der Waals surface area (Å²) in [5.74, 6) is -0.392. The molecule has 2 aromatic rings. The van der Waals surface area contributed by atoms with Crippen molar-refractivity contribution in [3.8, 4) is 0 Å². The molecule has 0 bridgehead atoms. The molecule has 0 aromatic heterocycles. The molecule has 2 amide bonds. The number of hydrogen-bond acceptors (Lipinski definition) is 2. The predicted octanol–water partition coefficient (Wildman–Crippen LogP) is 3.77. The van der Waals surface area contributed by atoms with Crippen molar-refractivity contribution in [3.05, 3.63) is 85.0 Å². The number of carbonyl (C=O) groups is 2. The standard InChI is InChI=1S/C19H18N2O2/c22-18(20-16-10-4-1-5-11-16)14-8-3-9-15-19(23)21-17-12-6-2-7-13-17/h1-2,4-15H,3H2,(H,20,22)(H,21,23). The number of rotatable bonds is 6. The maximum absolute atomic E-state index is 11.6. The van der Waals surface area contributed by atoms with E-state index in [1.807, 2.05) is 60.7 Å². The van der Waals surface area contributed by atoms with E-state index in [1.165, 1.54) is 12.2 Å². The second kappa shape index (κ2) is 9.00. The van der Waals surface area contributed by atoms with Crippen LogP contribution in [0, 0.1) is 0 Å². The summed E-state index contributed by atoms with van der Waals surface area (Å²) in [7, 11) is 0. The van der Waals surface area contributed by atoms with E-state index in [4.69, 9.17) is 0 Å². The highest BCUT2D eigenvalue weighted by Crippen LogP contribution is 2.05. The number of para-hydroxylation sites is 2. The molecular formula is C19H18N2O2. The number of allylic oxidation sites excluding steroid dienone is 2. The van der Waals surface area contributed by atoms with Gasteiger partial charge in [-0.15, -0.1) is 0 Å². The lowest BCUT2D eigenvalue weighted by Crippen LogP contribution is -2.07. The first-order valence-electron chi connectivity index (χ1n) is 7.29. The SMILES string of the molecule is O=C(C=CCC=CC(=O)Nc1ccccc1)Nc1ccccc1. The van der Waals surface area contributed by atoms with Crippen molar-refractivity contribution < 1.29 is 9.59 Å². The summed E-state index contributed by atoms with van der Waals surface area (Å²) in [4.78, 5) is 23.3. The van der Waals surface area contributed by atoms with Gasteiger partial charge in [0.2, 0.25) is 11.8 Å². The van der Waals surface area contributed by atoms with Crippen molar-refractivity contribution in [2.45, 2.75) is 6.42 Å². The molecule has 0 radical (unpaired) electrons. The lowest BCUT2D eigenvalue weighted by Gasteiger charge is -2.00. The second-order valence-corrected chi connectivity index (χ2v) is 4.75. The van der Waals surface area contributed by atoms with Crippen LogP contribution in [0.3, 0.4) is 0 Å². The molecule has 2 N–H and O–H groups in total. The third kappa shape index (κ3) is 6.44. The predicted molar refractivity (Wildman–Crippen MR) is 93.0 cm³/mol. The van der Waals surface area contributed by atoms with Gasteiger partial charge in [0.15, 0.2) is 0 Å². The Bertz CT molecular complexity index is 630. The zero-order valence-electron chi connectivity index (χ0n) is 12.6. The Morgan fingerprint density at radius 3 is 1.48 bits per heavy atom. The molecule has 2 aromatic carbocycles. The maximum atomic E-state index is 11.6. The van der Waals surface area contributed by atoms with E-state index < -0.39 is 0 Å². The van der Waals surface area contributed by atoms with E-state index in [0.717, 1.165) is 11.4 Å². The van der Waals surface area contributed by atoms with Gasteiger partial charge < -0.3 is 10.6 Å². The van der Waals surface area contributed by atoms with Gasteiger partial charge in [0, 0.05) is 11.4 Å². The average Bonchev–Trinajstić information content (AvgIpc) is 2.56. The summed E-state index contributed by atoms with van der Waals surface area (Å²) >= 11 is 0. The molecule has 4 heteroatoms. The first-order chi connectivity index (χ1) is 11.2. The molecule has 0 saturated heterocycles. The van der Waals surface area contributed by atoms with Crippen molar-refractivity contribution in [2.24, 2.45) is 0 Å². The molecule has 116 valence electrons. The highest BCUT2D eigenvalue weighted by molar-refractivity contribution is 6.00. The summed E-state index contributed by atoms with van der Waals surface area (Å²) in [6.45, 7) is 0. The monoisotopic (exact) mass is 306 g/mol. The van der Waals surface area contributed by atoms with Gasteiger partial charge in [-0.1, -0.05) is 48.6 Å². The Morgan fingerprint density at radius 1 is 0.696 bits per heavy atom. The number of anilines is 2. The Labute approximate surface area is 135 Å². The molecule has 0 atom stereocenters. The molecule has 4 nitrogen and oxygen atoms in total. The minimum Gasteiger partial charge on any atom is -0.323 e. The zero-order chi connectivity index (χ0) is 16.3. The molecular weight excluding hydrogens is 288 g/mol. The van der Waals surface area contributed by atoms with Gasteiger partial charge in [-0.25, -0.2) is 0 Å². The summed E-state index contributed by atoms with van der Waals surface area (Å²) < 4.78 is 0. The van der Waals surface area contributed by atoms with Crippen LogP contribution < -0.4 is 10.6 Å². The third-order valence-electron chi connectivity index (χ3n) is 2.89. The number of amides is 2. The fourth-order valence-electron chi connectivity index (χ4n) is 1.84. The molecule has 0 heterocycles. The van der Waals surface area contributed by atoms with Crippen LogP contribution >= 0.6 is 0 Å². The van der Waals surface area contributed by atoms with E-state index in [9.17, 15) is 9.59 Å². The van der Waals surface area contributed by atoms with Gasteiger partial charge in [-0.2, -0.15) is 0 Å². The van der Waals surface area contributed by atoms with Crippen LogP contribution in [-0.2, 0) is 9.59 Å². The Hall–Kier alpha value is -3.14. The Morgan fingerprint density at radius 2 is 1.09 bits per heavy atom. The minimum absolute atomic E-state index is 0.196. The second-order valence-electron chi connectivity index (χ2n) is 4.75. The molecule has 0 aliphatic carbocycles. The highest BCUT2D eigenvalue weighted by atomic mass is 16.2. The molecule has 0 aliphatic heterocycles. The fraction of sp³-hybridized carbons (Fsp3) is 0.0526. The molecule has 0 fully saturated rings. The van der Waals surface area contributed by atoms with Crippen LogP contribution in [0.4, 0.5) is 11.4 Å². The number of hydrogen-bond donors (Lipinski definition) is 2. The summed E-state index contributed by atoms with van der Waals surface area (Å²) in [6.07, 6.45) is 6.80. The summed E-state index contributed by atoms with van der Waals surface area (Å²) in [5, 5.41) is 5.49. The molecule has 0 aliphatic rings. The highest BCUT2D eigenvalue weighted by Gasteiger charge is 1.96. The van der Waals surface area contributed by atoms with Crippen molar-refractivity contribution in [2.75, 3.05) is 10.6 Å². The zero-order valence-corrected chi connectivity index (χ0v) is 12.6. The topological polar surface area (TPSA) is 58.2 Å². The van der Waals surface area contributed by atoms with E-state index in [2.05, 4.69) is 10.6 Å². The van der Waals surface area contributed by atoms with Crippen LogP contribution in [0.2, 0.25) is 0 Å². The fourth-order valence-corrected chi connectivity index (χ4v) is 1.84. The first-order valence-corrected chi connectivity index (χ1v) is 7.29. The van der Waals surface area contributed by atoms with E-state index >= 15 is 0 Å². The smallest absolute Gasteiger partial charge is 0.248 e. The van der Waals surface area contributed by atoms with Crippen LogP contribution in [0.5, 0.6) is 0 Å². The van der Waals surface area contributed by atoms with Gasteiger partial charge in [-0.05, 0) is 42.8 Å². The molecule has 0 unspecified atom stereocenters. The molecule has 0 spiro atoms. The van der Waals surface area contributed by atoms with E-state index in [-0.39, 0.29) is 11.8 Å². The van der Waals surface area contributed by atoms with Gasteiger partial charge in [-0.3, -0.25) is 9.59 Å². The van der Waals surface area contributed by atoms with Gasteiger partial charge in [0.05, 0.1) is 0 Å². The van der Waals surface area contributed by atoms with Gasteiger partial charge in [0.25, 0.3) is 0 Å². The number of nitrogens with one attached hydrogen (secondary N) is 2. The van der Waals surface area contributed by atoms with Crippen LogP contribution in [0.25, 0.3) is 0 Å². The van der Waals surface area contributed by atoms with Crippen molar-refractivity contribution in [3.63, 3.8) is 0 Å². The molecule has 0 saturated carbocycles. The summed E-state index contributed by atoms with van der Waals surface area (Å²) in [6, 6.07) is 18.5. The van der Waals surface area contributed by atoms with Crippen LogP contribution in [0.1, 0.15) is 6.42 Å². The summed E-state index contributed by atoms with van der Waals surface area (Å²) in [5.41, 5.74) is 1.50. The van der Waals surface area contributed by atoms with Crippen molar-refractivity contribution >= 4 is 23.2 Å². The number of carbonyl (C=O) groups excluding carboxylic acids is 2. The van der Waals surface area contributed by atoms with Gasteiger partial charge >= 0.3 is 0 Å². The van der Waals surface area contributed by atoms with Crippen molar-refractivity contribution in [1.82, 2.24) is 0 Å². The lowest BCUT2D eigenvalue weighted by molar-refractivity contribution is -0.112. The lowest BCUT2D eigenvalue weighted by atomic mass is 10.3. The normalized spacial score (nSPS) is 10.8. The number of benzene rings is 2. The van der Waals surface area contributed by atoms with Crippen LogP contribution in [0.15, 0.2) is 85.0 Å². The third-order valence-corrected chi connectivity index (χ3v) is 2.89. The quantitative estimate of drug-likeness (QED) is 0.798. The molecule has 23 heavy (non-hydrogen) atoms. The van der Waals surface area contributed by atoms with Crippen LogP contribution in [-0.4, -0.2) is 11.8 Å². The first kappa shape index (κ1) is 16.2. The Kier molecular flexibility index (Phi) is 6.35. The maximum Gasteiger partial charge on any atom is 0.248 e. The molecule has 2 rings (SSSR count). The van der Waals surface area contributed by atoms with E-state index in [0.29, 0.717) is 6.42 Å². The average molecular weight is 306 g/mol. The Balaban J connectivity index is 1.71. The van der Waals surface area contributed by atoms with Gasteiger partial charge in [0.1, 0.15) is 0 Å². The largest absolute Gasteiger partial charge is 0.323 e. The van der Waals surface area contributed by atoms with Crippen molar-refractivity contribution in [1.29, 1.82) is 0 Å². The minimum atomic E-state index is -0.196.